The molecule has 1 N–H and O–H groups in total. The number of carbonyl (C=O) groups is 2. The summed E-state index contributed by atoms with van der Waals surface area (Å²) < 4.78 is 0. The number of hydrogen-bond acceptors (Lipinski definition) is 2. The maximum Gasteiger partial charge on any atom is 0.322 e. The summed E-state index contributed by atoms with van der Waals surface area (Å²) in [5.74, 6) is 0.210. The molecule has 0 aliphatic carbocycles. The van der Waals surface area contributed by atoms with E-state index in [-0.39, 0.29) is 11.9 Å². The Balaban J connectivity index is 1.64. The molecular weight excluding hydrogens is 338 g/mol. The molecule has 1 fully saturated rings. The maximum atomic E-state index is 12.8. The molecule has 0 aromatic heterocycles. The van der Waals surface area contributed by atoms with Gasteiger partial charge in [-0.25, -0.2) is 4.79 Å². The Kier molecular flexibility index (Phi) is 6.47. The van der Waals surface area contributed by atoms with Crippen LogP contribution in [0.2, 0.25) is 0 Å². The second kappa shape index (κ2) is 9.21. The number of urea groups is 1. The van der Waals surface area contributed by atoms with Crippen LogP contribution in [0.25, 0.3) is 0 Å². The molecule has 0 unspecified atom stereocenters. The summed E-state index contributed by atoms with van der Waals surface area (Å²) in [5.41, 5.74) is 2.91. The molecule has 3 amide bonds. The molecule has 2 aromatic rings. The van der Waals surface area contributed by atoms with E-state index in [1.54, 1.807) is 0 Å². The highest BCUT2D eigenvalue weighted by Gasteiger charge is 2.20. The van der Waals surface area contributed by atoms with Crippen molar-refractivity contribution in [2.24, 2.45) is 0 Å². The zero-order valence-corrected chi connectivity index (χ0v) is 15.9. The van der Waals surface area contributed by atoms with Crippen LogP contribution in [0.4, 0.5) is 10.5 Å². The van der Waals surface area contributed by atoms with E-state index in [1.165, 1.54) is 0 Å². The van der Waals surface area contributed by atoms with Crippen LogP contribution in [0.5, 0.6) is 0 Å². The summed E-state index contributed by atoms with van der Waals surface area (Å²) in [5, 5.41) is 3.01. The van der Waals surface area contributed by atoms with Gasteiger partial charge >= 0.3 is 6.03 Å². The minimum absolute atomic E-state index is 0.102. The lowest BCUT2D eigenvalue weighted by molar-refractivity contribution is -0.128. The van der Waals surface area contributed by atoms with Crippen molar-refractivity contribution < 1.29 is 9.59 Å². The third-order valence-corrected chi connectivity index (χ3v) is 4.72. The van der Waals surface area contributed by atoms with Gasteiger partial charge in [0.05, 0.1) is 0 Å². The minimum Gasteiger partial charge on any atom is -0.338 e. The molecule has 5 heteroatoms. The summed E-state index contributed by atoms with van der Waals surface area (Å²) in [7, 11) is 0. The van der Waals surface area contributed by atoms with Gasteiger partial charge in [0.15, 0.2) is 0 Å². The van der Waals surface area contributed by atoms with Crippen molar-refractivity contribution >= 4 is 17.6 Å². The van der Waals surface area contributed by atoms with Crippen molar-refractivity contribution in [3.05, 3.63) is 65.7 Å². The first kappa shape index (κ1) is 19.0. The summed E-state index contributed by atoms with van der Waals surface area (Å²) in [4.78, 5) is 28.3. The lowest BCUT2D eigenvalue weighted by Gasteiger charge is -2.23. The smallest absolute Gasteiger partial charge is 0.322 e. The van der Waals surface area contributed by atoms with Gasteiger partial charge in [-0.2, -0.15) is 0 Å². The Labute approximate surface area is 161 Å². The number of anilines is 1. The molecule has 3 rings (SSSR count). The van der Waals surface area contributed by atoms with E-state index < -0.39 is 0 Å². The highest BCUT2D eigenvalue weighted by Crippen LogP contribution is 2.18. The average Bonchev–Trinajstić information content (AvgIpc) is 3.07. The number of hydrogen-bond donors (Lipinski definition) is 1. The first-order valence-electron chi connectivity index (χ1n) is 9.62. The lowest BCUT2D eigenvalue weighted by Crippen LogP contribution is -2.35. The van der Waals surface area contributed by atoms with Crippen LogP contribution in [0.1, 0.15) is 37.3 Å². The van der Waals surface area contributed by atoms with Gasteiger partial charge in [0.2, 0.25) is 5.91 Å². The topological polar surface area (TPSA) is 52.7 Å². The number of nitrogens with one attached hydrogen (secondary N) is 1. The zero-order chi connectivity index (χ0) is 19.1. The monoisotopic (exact) mass is 365 g/mol. The van der Waals surface area contributed by atoms with Crippen molar-refractivity contribution in [1.29, 1.82) is 0 Å². The zero-order valence-electron chi connectivity index (χ0n) is 15.9. The van der Waals surface area contributed by atoms with Crippen molar-refractivity contribution in [2.45, 2.75) is 39.3 Å². The Morgan fingerprint density at radius 1 is 1.11 bits per heavy atom. The van der Waals surface area contributed by atoms with Crippen molar-refractivity contribution in [1.82, 2.24) is 9.80 Å². The third kappa shape index (κ3) is 5.33. The van der Waals surface area contributed by atoms with Crippen LogP contribution >= 0.6 is 0 Å². The second-order valence-corrected chi connectivity index (χ2v) is 6.96. The van der Waals surface area contributed by atoms with E-state index in [1.807, 2.05) is 64.4 Å². The molecule has 0 atom stereocenters. The van der Waals surface area contributed by atoms with Crippen LogP contribution in [0.3, 0.4) is 0 Å². The van der Waals surface area contributed by atoms with E-state index >= 15 is 0 Å². The van der Waals surface area contributed by atoms with E-state index in [0.717, 1.165) is 36.2 Å². The molecule has 0 bridgehead atoms. The summed E-state index contributed by atoms with van der Waals surface area (Å²) in [6.07, 6.45) is 2.47. The maximum absolute atomic E-state index is 12.8. The first-order valence-corrected chi connectivity index (χ1v) is 9.62. The van der Waals surface area contributed by atoms with Crippen LogP contribution in [-0.2, 0) is 17.9 Å². The minimum atomic E-state index is -0.102. The molecule has 0 radical (unpaired) electrons. The van der Waals surface area contributed by atoms with E-state index in [0.29, 0.717) is 26.1 Å². The highest BCUT2D eigenvalue weighted by atomic mass is 16.2. The van der Waals surface area contributed by atoms with Gasteiger partial charge in [-0.3, -0.25) is 4.79 Å². The number of nitrogens with zero attached hydrogens (tertiary/aromatic N) is 2. The van der Waals surface area contributed by atoms with Gasteiger partial charge in [-0.15, -0.1) is 0 Å². The third-order valence-electron chi connectivity index (χ3n) is 4.72. The van der Waals surface area contributed by atoms with Crippen LogP contribution < -0.4 is 5.32 Å². The van der Waals surface area contributed by atoms with E-state index in [9.17, 15) is 9.59 Å². The fourth-order valence-corrected chi connectivity index (χ4v) is 3.37. The number of rotatable bonds is 7. The first-order chi connectivity index (χ1) is 13.2. The van der Waals surface area contributed by atoms with Crippen LogP contribution in [0.15, 0.2) is 54.6 Å². The fourth-order valence-electron chi connectivity index (χ4n) is 3.37. The van der Waals surface area contributed by atoms with Crippen molar-refractivity contribution in [2.75, 3.05) is 18.4 Å². The molecular formula is C22H27N3O2. The normalized spacial score (nSPS) is 13.7. The molecule has 1 saturated heterocycles. The molecule has 1 heterocycles. The van der Waals surface area contributed by atoms with Crippen LogP contribution in [0, 0.1) is 0 Å². The fraction of sp³-hybridized carbons (Fsp3) is 0.364. The largest absolute Gasteiger partial charge is 0.338 e. The van der Waals surface area contributed by atoms with Crippen molar-refractivity contribution in [3.63, 3.8) is 0 Å². The average molecular weight is 365 g/mol. The predicted molar refractivity (Wildman–Crippen MR) is 107 cm³/mol. The van der Waals surface area contributed by atoms with E-state index in [4.69, 9.17) is 0 Å². The standard InChI is InChI=1S/C22H27N3O2/c1-2-13-25(16-18-8-4-3-5-9-18)22(27)23-20-11-6-10-19(15-20)17-24-14-7-12-21(24)26/h3-6,8-11,15H,2,7,12-14,16-17H2,1H3,(H,23,27). The SMILES string of the molecule is CCCN(Cc1ccccc1)C(=O)Nc1cccc(CN2CCCC2=O)c1. The molecule has 2 aromatic carbocycles. The number of carbonyl (C=O) groups excluding carboxylic acids is 2. The Morgan fingerprint density at radius 3 is 2.59 bits per heavy atom. The number of likely N-dealkylation sites (tertiary alicyclic amines) is 1. The lowest BCUT2D eigenvalue weighted by atomic mass is 10.2. The molecule has 0 spiro atoms. The predicted octanol–water partition coefficient (Wildman–Crippen LogP) is 4.25. The molecule has 142 valence electrons. The molecule has 0 saturated carbocycles. The Hall–Kier alpha value is -2.82. The molecule has 1 aliphatic rings. The van der Waals surface area contributed by atoms with Crippen LogP contribution in [-0.4, -0.2) is 34.8 Å². The van der Waals surface area contributed by atoms with Gasteiger partial charge in [-0.05, 0) is 36.1 Å². The number of amides is 3. The Morgan fingerprint density at radius 2 is 1.89 bits per heavy atom. The number of benzene rings is 2. The summed E-state index contributed by atoms with van der Waals surface area (Å²) >= 11 is 0. The van der Waals surface area contributed by atoms with Gasteiger partial charge < -0.3 is 15.1 Å². The molecule has 27 heavy (non-hydrogen) atoms. The van der Waals surface area contributed by atoms with Gasteiger partial charge in [0, 0.05) is 38.3 Å². The molecule has 5 nitrogen and oxygen atoms in total. The molecule has 1 aliphatic heterocycles. The summed E-state index contributed by atoms with van der Waals surface area (Å²) in [6.45, 7) is 4.77. The van der Waals surface area contributed by atoms with Crippen molar-refractivity contribution in [3.8, 4) is 0 Å². The highest BCUT2D eigenvalue weighted by molar-refractivity contribution is 5.89. The second-order valence-electron chi connectivity index (χ2n) is 6.96. The quantitative estimate of drug-likeness (QED) is 0.797. The van der Waals surface area contributed by atoms with E-state index in [2.05, 4.69) is 12.2 Å². The summed E-state index contributed by atoms with van der Waals surface area (Å²) in [6, 6.07) is 17.7. The van der Waals surface area contributed by atoms with Gasteiger partial charge in [0.1, 0.15) is 0 Å². The van der Waals surface area contributed by atoms with Gasteiger partial charge in [0.25, 0.3) is 0 Å². The van der Waals surface area contributed by atoms with Gasteiger partial charge in [-0.1, -0.05) is 49.4 Å². The Bertz CT molecular complexity index is 776.